The number of nitro groups is 1. The number of carbonyl (C=O) groups excluding carboxylic acids is 1. The molecule has 1 aromatic rings. The van der Waals surface area contributed by atoms with Gasteiger partial charge in [0.2, 0.25) is 0 Å². The lowest BCUT2D eigenvalue weighted by atomic mass is 10.1. The molecule has 0 saturated heterocycles. The van der Waals surface area contributed by atoms with Crippen molar-refractivity contribution in [3.63, 3.8) is 0 Å². The van der Waals surface area contributed by atoms with Gasteiger partial charge in [-0.25, -0.2) is 13.8 Å². The molecular formula is C8H6F2N2O3. The fourth-order valence-electron chi connectivity index (χ4n) is 1.08. The molecule has 1 aromatic heterocycles. The molecule has 0 N–H and O–H groups in total. The highest BCUT2D eigenvalue weighted by Gasteiger charge is 2.21. The van der Waals surface area contributed by atoms with E-state index in [2.05, 4.69) is 4.98 Å². The molecule has 1 rings (SSSR count). The molecule has 0 spiro atoms. The summed E-state index contributed by atoms with van der Waals surface area (Å²) >= 11 is 0. The summed E-state index contributed by atoms with van der Waals surface area (Å²) in [5, 5.41) is 10.4. The first-order valence-electron chi connectivity index (χ1n) is 3.86. The van der Waals surface area contributed by atoms with Gasteiger partial charge in [-0.1, -0.05) is 0 Å². The summed E-state index contributed by atoms with van der Waals surface area (Å²) in [6.07, 6.45) is -2.68. The predicted molar refractivity (Wildman–Crippen MR) is 46.0 cm³/mol. The van der Waals surface area contributed by atoms with E-state index in [4.69, 9.17) is 0 Å². The molecule has 0 saturated carbocycles. The van der Waals surface area contributed by atoms with Gasteiger partial charge in [-0.2, -0.15) is 0 Å². The van der Waals surface area contributed by atoms with Crippen molar-refractivity contribution >= 4 is 12.0 Å². The number of aromatic nitrogens is 1. The molecular weight excluding hydrogens is 210 g/mol. The molecule has 80 valence electrons. The fraction of sp³-hybridized carbons (Fsp3) is 0.250. The van der Waals surface area contributed by atoms with Gasteiger partial charge in [0, 0.05) is 17.3 Å². The Balaban J connectivity index is 3.43. The first-order chi connectivity index (χ1) is 6.97. The van der Waals surface area contributed by atoms with E-state index in [1.54, 1.807) is 0 Å². The zero-order valence-corrected chi connectivity index (χ0v) is 7.61. The van der Waals surface area contributed by atoms with Crippen LogP contribution in [0, 0.1) is 17.0 Å². The van der Waals surface area contributed by atoms with Gasteiger partial charge in [-0.05, 0) is 6.92 Å². The van der Waals surface area contributed by atoms with Gasteiger partial charge in [0.25, 0.3) is 12.1 Å². The Morgan fingerprint density at radius 1 is 1.60 bits per heavy atom. The summed E-state index contributed by atoms with van der Waals surface area (Å²) in [7, 11) is 0. The van der Waals surface area contributed by atoms with Gasteiger partial charge < -0.3 is 0 Å². The second-order valence-corrected chi connectivity index (χ2v) is 2.74. The fourth-order valence-corrected chi connectivity index (χ4v) is 1.08. The number of aldehydes is 1. The third-order valence-corrected chi connectivity index (χ3v) is 1.80. The minimum Gasteiger partial charge on any atom is -0.296 e. The Morgan fingerprint density at radius 2 is 2.20 bits per heavy atom. The van der Waals surface area contributed by atoms with E-state index < -0.39 is 28.3 Å². The number of hydrogen-bond donors (Lipinski definition) is 0. The molecule has 7 heteroatoms. The lowest BCUT2D eigenvalue weighted by Crippen LogP contribution is -2.03. The van der Waals surface area contributed by atoms with Crippen molar-refractivity contribution in [3.8, 4) is 0 Å². The monoisotopic (exact) mass is 216 g/mol. The largest absolute Gasteiger partial charge is 0.298 e. The van der Waals surface area contributed by atoms with Gasteiger partial charge in [0.05, 0.1) is 4.92 Å². The van der Waals surface area contributed by atoms with Crippen LogP contribution in [-0.2, 0) is 0 Å². The molecule has 0 amide bonds. The molecule has 0 aliphatic heterocycles. The standard InChI is InChI=1S/C8H6F2N2O3/c1-4-5(8(9)10)2-7(12(14)15)6(3-13)11-4/h2-3,8H,1H3. The van der Waals surface area contributed by atoms with E-state index in [1.807, 2.05) is 0 Å². The van der Waals surface area contributed by atoms with Crippen molar-refractivity contribution in [2.45, 2.75) is 13.3 Å². The molecule has 0 aromatic carbocycles. The summed E-state index contributed by atoms with van der Waals surface area (Å²) in [6, 6.07) is 0.677. The molecule has 0 aliphatic carbocycles. The van der Waals surface area contributed by atoms with E-state index in [0.717, 1.165) is 0 Å². The highest BCUT2D eigenvalue weighted by atomic mass is 19.3. The quantitative estimate of drug-likeness (QED) is 0.440. The molecule has 15 heavy (non-hydrogen) atoms. The van der Waals surface area contributed by atoms with Gasteiger partial charge in [0.15, 0.2) is 12.0 Å². The number of halogens is 2. The molecule has 0 radical (unpaired) electrons. The lowest BCUT2D eigenvalue weighted by Gasteiger charge is -2.04. The first kappa shape index (κ1) is 11.2. The van der Waals surface area contributed by atoms with Crippen LogP contribution in [0.2, 0.25) is 0 Å². The normalized spacial score (nSPS) is 10.4. The first-order valence-corrected chi connectivity index (χ1v) is 3.86. The van der Waals surface area contributed by atoms with Crippen molar-refractivity contribution in [1.82, 2.24) is 4.98 Å². The van der Waals surface area contributed by atoms with Crippen LogP contribution in [0.4, 0.5) is 14.5 Å². The predicted octanol–water partition coefficient (Wildman–Crippen LogP) is 2.05. The van der Waals surface area contributed by atoms with E-state index in [1.165, 1.54) is 6.92 Å². The van der Waals surface area contributed by atoms with Crippen LogP contribution < -0.4 is 0 Å². The zero-order chi connectivity index (χ0) is 11.6. The Morgan fingerprint density at radius 3 is 2.60 bits per heavy atom. The van der Waals surface area contributed by atoms with Crippen molar-refractivity contribution in [2.75, 3.05) is 0 Å². The van der Waals surface area contributed by atoms with Crippen molar-refractivity contribution in [3.05, 3.63) is 33.1 Å². The topological polar surface area (TPSA) is 73.1 Å². The number of nitrogens with zero attached hydrogens (tertiary/aromatic N) is 2. The third-order valence-electron chi connectivity index (χ3n) is 1.80. The second kappa shape index (κ2) is 4.07. The molecule has 0 unspecified atom stereocenters. The van der Waals surface area contributed by atoms with Gasteiger partial charge in [-0.15, -0.1) is 0 Å². The molecule has 1 heterocycles. The number of hydrogen-bond acceptors (Lipinski definition) is 4. The Labute approximate surface area is 82.9 Å². The van der Waals surface area contributed by atoms with Crippen LogP contribution in [-0.4, -0.2) is 16.2 Å². The van der Waals surface area contributed by atoms with Crippen molar-refractivity contribution < 1.29 is 18.5 Å². The average Bonchev–Trinajstić information content (AvgIpc) is 2.16. The SMILES string of the molecule is Cc1nc(C=O)c([N+](=O)[O-])cc1C(F)F. The van der Waals surface area contributed by atoms with Crippen molar-refractivity contribution in [1.29, 1.82) is 0 Å². The van der Waals surface area contributed by atoms with Crippen LogP contribution in [0.5, 0.6) is 0 Å². The van der Waals surface area contributed by atoms with E-state index in [9.17, 15) is 23.7 Å². The molecule has 0 bridgehead atoms. The number of aryl methyl sites for hydroxylation is 1. The van der Waals surface area contributed by atoms with Crippen LogP contribution in [0.3, 0.4) is 0 Å². The number of pyridine rings is 1. The molecule has 0 fully saturated rings. The second-order valence-electron chi connectivity index (χ2n) is 2.74. The van der Waals surface area contributed by atoms with Crippen LogP contribution in [0.25, 0.3) is 0 Å². The van der Waals surface area contributed by atoms with Gasteiger partial charge in [-0.3, -0.25) is 14.9 Å². The third kappa shape index (κ3) is 2.12. The van der Waals surface area contributed by atoms with Crippen LogP contribution >= 0.6 is 0 Å². The Kier molecular flexibility index (Phi) is 3.03. The average molecular weight is 216 g/mol. The Bertz CT molecular complexity index is 421. The zero-order valence-electron chi connectivity index (χ0n) is 7.61. The smallest absolute Gasteiger partial charge is 0.296 e. The lowest BCUT2D eigenvalue weighted by molar-refractivity contribution is -0.385. The van der Waals surface area contributed by atoms with Crippen LogP contribution in [0.1, 0.15) is 28.2 Å². The highest BCUT2D eigenvalue weighted by molar-refractivity contribution is 5.78. The van der Waals surface area contributed by atoms with Crippen LogP contribution in [0.15, 0.2) is 6.07 Å². The van der Waals surface area contributed by atoms with E-state index >= 15 is 0 Å². The van der Waals surface area contributed by atoms with Gasteiger partial charge >= 0.3 is 0 Å². The minimum absolute atomic E-state index is 0.0855. The Hall–Kier alpha value is -1.92. The van der Waals surface area contributed by atoms with Gasteiger partial charge in [0.1, 0.15) is 0 Å². The number of alkyl halides is 2. The summed E-state index contributed by atoms with van der Waals surface area (Å²) in [5.41, 5.74) is -1.77. The van der Waals surface area contributed by atoms with Crippen molar-refractivity contribution in [2.24, 2.45) is 0 Å². The molecule has 5 nitrogen and oxygen atoms in total. The summed E-state index contributed by atoms with van der Waals surface area (Å²) in [4.78, 5) is 23.4. The number of carbonyl (C=O) groups is 1. The maximum atomic E-state index is 12.4. The number of rotatable bonds is 3. The molecule has 0 atom stereocenters. The maximum Gasteiger partial charge on any atom is 0.298 e. The highest BCUT2D eigenvalue weighted by Crippen LogP contribution is 2.26. The summed E-state index contributed by atoms with van der Waals surface area (Å²) < 4.78 is 24.7. The summed E-state index contributed by atoms with van der Waals surface area (Å²) in [5.74, 6) is 0. The minimum atomic E-state index is -2.85. The van der Waals surface area contributed by atoms with E-state index in [0.29, 0.717) is 6.07 Å². The van der Waals surface area contributed by atoms with E-state index in [-0.39, 0.29) is 12.0 Å². The summed E-state index contributed by atoms with van der Waals surface area (Å²) in [6.45, 7) is 1.26. The molecule has 0 aliphatic rings. The maximum absolute atomic E-state index is 12.4.